The zero-order valence-electron chi connectivity index (χ0n) is 17.0. The topological polar surface area (TPSA) is 107 Å². The van der Waals surface area contributed by atoms with Gasteiger partial charge in [0.05, 0.1) is 37.4 Å². The number of morpholine rings is 1. The van der Waals surface area contributed by atoms with Crippen LogP contribution in [-0.4, -0.2) is 49.3 Å². The highest BCUT2D eigenvalue weighted by molar-refractivity contribution is 6.06. The second-order valence-electron chi connectivity index (χ2n) is 6.95. The van der Waals surface area contributed by atoms with E-state index in [1.165, 1.54) is 13.2 Å². The molecule has 4 rings (SSSR count). The number of carbonyl (C=O) groups excluding carboxylic acids is 1. The Labute approximate surface area is 172 Å². The number of ether oxygens (including phenoxy) is 2. The van der Waals surface area contributed by atoms with Gasteiger partial charge in [-0.15, -0.1) is 0 Å². The normalized spacial score (nSPS) is 14.0. The van der Waals surface area contributed by atoms with Crippen molar-refractivity contribution in [2.75, 3.05) is 43.6 Å². The van der Waals surface area contributed by atoms with Crippen LogP contribution in [0, 0.1) is 13.8 Å². The van der Waals surface area contributed by atoms with Gasteiger partial charge in [0.15, 0.2) is 11.3 Å². The Bertz CT molecular complexity index is 1140. The summed E-state index contributed by atoms with van der Waals surface area (Å²) >= 11 is 0. The Morgan fingerprint density at radius 1 is 1.17 bits per heavy atom. The SMILES string of the molecule is COc1cccc2cc(C(=O)Nc3c(C)nc(N4CCOCC4)nc3C)c(=O)oc12. The zero-order valence-corrected chi connectivity index (χ0v) is 17.0. The van der Waals surface area contributed by atoms with E-state index in [-0.39, 0.29) is 5.56 Å². The molecule has 3 aromatic rings. The number of nitrogens with one attached hydrogen (secondary N) is 1. The van der Waals surface area contributed by atoms with Crippen LogP contribution in [0.15, 0.2) is 33.5 Å². The number of aryl methyl sites for hydroxylation is 2. The number of anilines is 2. The van der Waals surface area contributed by atoms with Crippen LogP contribution in [0.2, 0.25) is 0 Å². The molecule has 0 aliphatic carbocycles. The lowest BCUT2D eigenvalue weighted by molar-refractivity contribution is 0.102. The summed E-state index contributed by atoms with van der Waals surface area (Å²) in [4.78, 5) is 36.4. The molecule has 1 aliphatic heterocycles. The minimum atomic E-state index is -0.745. The fraction of sp³-hybridized carbons (Fsp3) is 0.333. The summed E-state index contributed by atoms with van der Waals surface area (Å²) in [6, 6.07) is 6.68. The van der Waals surface area contributed by atoms with Gasteiger partial charge in [-0.3, -0.25) is 4.79 Å². The highest BCUT2D eigenvalue weighted by Crippen LogP contribution is 2.25. The Hall–Kier alpha value is -3.46. The van der Waals surface area contributed by atoms with Gasteiger partial charge in [-0.2, -0.15) is 0 Å². The number of nitrogens with zero attached hydrogens (tertiary/aromatic N) is 3. The third-order valence-electron chi connectivity index (χ3n) is 4.98. The number of amides is 1. The van der Waals surface area contributed by atoms with E-state index in [1.54, 1.807) is 32.0 Å². The number of carbonyl (C=O) groups is 1. The molecule has 30 heavy (non-hydrogen) atoms. The predicted octanol–water partition coefficient (Wildman–Crippen LogP) is 2.30. The Morgan fingerprint density at radius 3 is 2.53 bits per heavy atom. The van der Waals surface area contributed by atoms with Crippen LogP contribution in [0.4, 0.5) is 11.6 Å². The molecule has 1 fully saturated rings. The van der Waals surface area contributed by atoms with E-state index in [0.29, 0.717) is 66.0 Å². The fourth-order valence-corrected chi connectivity index (χ4v) is 3.40. The van der Waals surface area contributed by atoms with Crippen LogP contribution in [0.25, 0.3) is 11.0 Å². The molecule has 0 atom stereocenters. The Kier molecular flexibility index (Phi) is 5.37. The quantitative estimate of drug-likeness (QED) is 0.653. The van der Waals surface area contributed by atoms with Gasteiger partial charge in [-0.05, 0) is 26.0 Å². The molecule has 9 heteroatoms. The molecule has 0 unspecified atom stereocenters. The van der Waals surface area contributed by atoms with Crippen LogP contribution in [0.5, 0.6) is 5.75 Å². The van der Waals surface area contributed by atoms with Gasteiger partial charge in [0.1, 0.15) is 5.56 Å². The van der Waals surface area contributed by atoms with Gasteiger partial charge >= 0.3 is 5.63 Å². The Balaban J connectivity index is 1.64. The molecule has 2 aromatic heterocycles. The minimum Gasteiger partial charge on any atom is -0.493 e. The predicted molar refractivity (Wildman–Crippen MR) is 112 cm³/mol. The van der Waals surface area contributed by atoms with E-state index in [9.17, 15) is 9.59 Å². The van der Waals surface area contributed by atoms with Crippen LogP contribution < -0.4 is 20.6 Å². The van der Waals surface area contributed by atoms with E-state index >= 15 is 0 Å². The molecule has 1 N–H and O–H groups in total. The monoisotopic (exact) mass is 410 g/mol. The first-order valence-electron chi connectivity index (χ1n) is 9.58. The van der Waals surface area contributed by atoms with Gasteiger partial charge < -0.3 is 24.1 Å². The van der Waals surface area contributed by atoms with Crippen LogP contribution >= 0.6 is 0 Å². The number of rotatable bonds is 4. The van der Waals surface area contributed by atoms with Gasteiger partial charge in [-0.25, -0.2) is 14.8 Å². The van der Waals surface area contributed by atoms with E-state index < -0.39 is 11.5 Å². The first-order chi connectivity index (χ1) is 14.5. The summed E-state index contributed by atoms with van der Waals surface area (Å²) in [5, 5.41) is 3.35. The van der Waals surface area contributed by atoms with Gasteiger partial charge in [0.25, 0.3) is 5.91 Å². The number of hydrogen-bond acceptors (Lipinski definition) is 8. The van der Waals surface area contributed by atoms with Crippen LogP contribution in [-0.2, 0) is 4.74 Å². The lowest BCUT2D eigenvalue weighted by Gasteiger charge is -2.27. The standard InChI is InChI=1S/C21H22N4O5/c1-12-17(13(2)23-21(22-12)25-7-9-29-10-8-25)24-19(26)15-11-14-5-4-6-16(28-3)18(14)30-20(15)27/h4-6,11H,7-10H2,1-3H3,(H,24,26). The molecular weight excluding hydrogens is 388 g/mol. The van der Waals surface area contributed by atoms with Crippen molar-refractivity contribution >= 4 is 28.5 Å². The van der Waals surface area contributed by atoms with E-state index in [4.69, 9.17) is 13.9 Å². The van der Waals surface area contributed by atoms with Gasteiger partial charge in [0.2, 0.25) is 5.95 Å². The van der Waals surface area contributed by atoms with Crippen molar-refractivity contribution < 1.29 is 18.7 Å². The van der Waals surface area contributed by atoms with Crippen molar-refractivity contribution in [3.8, 4) is 5.75 Å². The summed E-state index contributed by atoms with van der Waals surface area (Å²) in [6.45, 7) is 6.27. The number of para-hydroxylation sites is 1. The van der Waals surface area contributed by atoms with Crippen molar-refractivity contribution in [2.45, 2.75) is 13.8 Å². The number of aromatic nitrogens is 2. The molecule has 9 nitrogen and oxygen atoms in total. The molecule has 0 radical (unpaired) electrons. The van der Waals surface area contributed by atoms with Gasteiger partial charge in [0, 0.05) is 18.5 Å². The first-order valence-corrected chi connectivity index (χ1v) is 9.58. The lowest BCUT2D eigenvalue weighted by atomic mass is 10.1. The number of fused-ring (bicyclic) bond motifs is 1. The molecule has 1 amide bonds. The van der Waals surface area contributed by atoms with Crippen molar-refractivity contribution in [1.29, 1.82) is 0 Å². The van der Waals surface area contributed by atoms with Crippen LogP contribution in [0.3, 0.4) is 0 Å². The molecule has 1 aliphatic rings. The van der Waals surface area contributed by atoms with Crippen molar-refractivity contribution in [3.05, 3.63) is 51.6 Å². The fourth-order valence-electron chi connectivity index (χ4n) is 3.40. The molecule has 0 saturated carbocycles. The molecule has 0 spiro atoms. The van der Waals surface area contributed by atoms with E-state index in [2.05, 4.69) is 15.3 Å². The molecule has 156 valence electrons. The maximum absolute atomic E-state index is 12.8. The highest BCUT2D eigenvalue weighted by atomic mass is 16.5. The highest BCUT2D eigenvalue weighted by Gasteiger charge is 2.20. The summed E-state index contributed by atoms with van der Waals surface area (Å²) < 4.78 is 15.9. The molecule has 3 heterocycles. The summed E-state index contributed by atoms with van der Waals surface area (Å²) in [5.41, 5.74) is 1.15. The molecule has 1 saturated heterocycles. The molecule has 1 aromatic carbocycles. The van der Waals surface area contributed by atoms with E-state index in [1.807, 2.05) is 4.90 Å². The van der Waals surface area contributed by atoms with Crippen LogP contribution in [0.1, 0.15) is 21.7 Å². The minimum absolute atomic E-state index is 0.105. The molecule has 0 bridgehead atoms. The lowest BCUT2D eigenvalue weighted by Crippen LogP contribution is -2.37. The molecular formula is C21H22N4O5. The maximum atomic E-state index is 12.8. The number of hydrogen-bond donors (Lipinski definition) is 1. The summed E-state index contributed by atoms with van der Waals surface area (Å²) in [7, 11) is 1.49. The second-order valence-corrected chi connectivity index (χ2v) is 6.95. The second kappa shape index (κ2) is 8.11. The maximum Gasteiger partial charge on any atom is 0.349 e. The zero-order chi connectivity index (χ0) is 21.3. The Morgan fingerprint density at radius 2 is 1.87 bits per heavy atom. The van der Waals surface area contributed by atoms with E-state index in [0.717, 1.165) is 0 Å². The van der Waals surface area contributed by atoms with Gasteiger partial charge in [-0.1, -0.05) is 12.1 Å². The number of benzene rings is 1. The van der Waals surface area contributed by atoms with Crippen molar-refractivity contribution in [3.63, 3.8) is 0 Å². The number of methoxy groups -OCH3 is 1. The summed E-state index contributed by atoms with van der Waals surface area (Å²) in [5.74, 6) is 0.446. The third-order valence-corrected chi connectivity index (χ3v) is 4.98. The van der Waals surface area contributed by atoms with Crippen molar-refractivity contribution in [1.82, 2.24) is 9.97 Å². The third kappa shape index (κ3) is 3.71. The average molecular weight is 410 g/mol. The summed E-state index contributed by atoms with van der Waals surface area (Å²) in [6.07, 6.45) is 0. The smallest absolute Gasteiger partial charge is 0.349 e. The first kappa shape index (κ1) is 19.8. The largest absolute Gasteiger partial charge is 0.493 e. The average Bonchev–Trinajstić information content (AvgIpc) is 2.75. The van der Waals surface area contributed by atoms with Crippen molar-refractivity contribution in [2.24, 2.45) is 0 Å².